The molecule has 0 fully saturated rings. The molecule has 0 aromatic carbocycles. The van der Waals surface area contributed by atoms with E-state index >= 15 is 0 Å². The highest BCUT2D eigenvalue weighted by atomic mass is 31.1. The molecular formula is C5H10NO6P. The summed E-state index contributed by atoms with van der Waals surface area (Å²) in [6.45, 7) is -1.10. The zero-order valence-electron chi connectivity index (χ0n) is 6.63. The number of hydrogen-bond acceptors (Lipinski definition) is 4. The molecule has 0 aromatic heterocycles. The molecule has 0 aromatic rings. The summed E-state index contributed by atoms with van der Waals surface area (Å²) >= 11 is 0. The van der Waals surface area contributed by atoms with Gasteiger partial charge in [-0.25, -0.2) is 0 Å². The Morgan fingerprint density at radius 2 is 1.54 bits per heavy atom. The minimum Gasteiger partial charge on any atom is -0.480 e. The highest BCUT2D eigenvalue weighted by Gasteiger charge is 2.14. The zero-order valence-corrected chi connectivity index (χ0v) is 7.63. The van der Waals surface area contributed by atoms with Crippen LogP contribution in [0.1, 0.15) is 0 Å². The van der Waals surface area contributed by atoms with Gasteiger partial charge < -0.3 is 15.1 Å². The van der Waals surface area contributed by atoms with E-state index in [1.165, 1.54) is 0 Å². The van der Waals surface area contributed by atoms with E-state index in [4.69, 9.17) is 15.1 Å². The number of aliphatic carboxylic acids is 2. The molecule has 0 rings (SSSR count). The van der Waals surface area contributed by atoms with Gasteiger partial charge in [-0.2, -0.15) is 0 Å². The molecule has 0 radical (unpaired) electrons. The van der Waals surface area contributed by atoms with E-state index in [2.05, 4.69) is 0 Å². The van der Waals surface area contributed by atoms with Gasteiger partial charge in [0.2, 0.25) is 8.03 Å². The highest BCUT2D eigenvalue weighted by Crippen LogP contribution is 2.14. The quantitative estimate of drug-likeness (QED) is 0.476. The van der Waals surface area contributed by atoms with Crippen molar-refractivity contribution in [3.8, 4) is 0 Å². The van der Waals surface area contributed by atoms with Crippen molar-refractivity contribution in [3.63, 3.8) is 0 Å². The van der Waals surface area contributed by atoms with E-state index in [0.29, 0.717) is 0 Å². The summed E-state index contributed by atoms with van der Waals surface area (Å²) in [6, 6.07) is 0. The van der Waals surface area contributed by atoms with Crippen LogP contribution in [-0.2, 0) is 14.2 Å². The van der Waals surface area contributed by atoms with Crippen molar-refractivity contribution in [2.24, 2.45) is 0 Å². The summed E-state index contributed by atoms with van der Waals surface area (Å²) in [7, 11) is -2.87. The van der Waals surface area contributed by atoms with Gasteiger partial charge in [-0.3, -0.25) is 19.1 Å². The van der Waals surface area contributed by atoms with Crippen LogP contribution in [-0.4, -0.2) is 51.3 Å². The van der Waals surface area contributed by atoms with Gasteiger partial charge in [-0.15, -0.1) is 0 Å². The number of hydrogen-bond donors (Lipinski definition) is 3. The molecule has 0 aliphatic heterocycles. The van der Waals surface area contributed by atoms with Gasteiger partial charge in [-0.05, 0) is 0 Å². The van der Waals surface area contributed by atoms with E-state index in [-0.39, 0.29) is 0 Å². The smallest absolute Gasteiger partial charge is 0.317 e. The summed E-state index contributed by atoms with van der Waals surface area (Å²) in [5.74, 6) is -2.46. The molecule has 0 spiro atoms. The molecule has 0 aliphatic rings. The predicted molar refractivity (Wildman–Crippen MR) is 42.9 cm³/mol. The molecule has 0 amide bonds. The van der Waals surface area contributed by atoms with Gasteiger partial charge in [0, 0.05) is 0 Å². The molecular weight excluding hydrogens is 201 g/mol. The average molecular weight is 211 g/mol. The molecule has 76 valence electrons. The van der Waals surface area contributed by atoms with Crippen LogP contribution < -0.4 is 0 Å². The number of carboxylic acid groups (broad SMARTS) is 2. The Balaban J connectivity index is 4.10. The van der Waals surface area contributed by atoms with Crippen LogP contribution in [0.25, 0.3) is 0 Å². The maximum atomic E-state index is 10.3. The third kappa shape index (κ3) is 7.45. The van der Waals surface area contributed by atoms with Gasteiger partial charge in [-0.1, -0.05) is 0 Å². The lowest BCUT2D eigenvalue weighted by molar-refractivity contribution is -0.141. The van der Waals surface area contributed by atoms with E-state index < -0.39 is 39.3 Å². The normalized spacial score (nSPS) is 12.8. The number of carbonyl (C=O) groups is 2. The zero-order chi connectivity index (χ0) is 10.4. The third-order valence-electron chi connectivity index (χ3n) is 1.08. The van der Waals surface area contributed by atoms with Crippen molar-refractivity contribution in [3.05, 3.63) is 0 Å². The van der Waals surface area contributed by atoms with Crippen molar-refractivity contribution >= 4 is 20.0 Å². The van der Waals surface area contributed by atoms with Gasteiger partial charge in [0.15, 0.2) is 0 Å². The first kappa shape index (κ1) is 12.1. The summed E-state index contributed by atoms with van der Waals surface area (Å²) in [5.41, 5.74) is 0. The molecule has 8 heteroatoms. The molecule has 0 saturated heterocycles. The molecule has 0 bridgehead atoms. The fourth-order valence-corrected chi connectivity index (χ4v) is 1.35. The van der Waals surface area contributed by atoms with Crippen molar-refractivity contribution in [2.45, 2.75) is 0 Å². The van der Waals surface area contributed by atoms with E-state index in [0.717, 1.165) is 4.90 Å². The summed E-state index contributed by atoms with van der Waals surface area (Å²) in [4.78, 5) is 29.7. The first-order valence-corrected chi connectivity index (χ1v) is 4.86. The van der Waals surface area contributed by atoms with Gasteiger partial charge in [0.1, 0.15) is 0 Å². The van der Waals surface area contributed by atoms with Crippen LogP contribution >= 0.6 is 8.03 Å². The molecule has 13 heavy (non-hydrogen) atoms. The molecule has 0 aliphatic carbocycles. The maximum absolute atomic E-state index is 10.3. The molecule has 1 unspecified atom stereocenters. The Bertz CT molecular complexity index is 191. The standard InChI is InChI=1S/C5H10NO6P/c7-4(8)1-6(2-5(9)10)3-13(11)12/h13H,1-3H2,(H,7,8)(H,9,10)(H,11,12). The Morgan fingerprint density at radius 1 is 1.15 bits per heavy atom. The van der Waals surface area contributed by atoms with E-state index in [9.17, 15) is 14.2 Å². The molecule has 7 nitrogen and oxygen atoms in total. The molecule has 0 heterocycles. The van der Waals surface area contributed by atoms with Crippen molar-refractivity contribution in [1.29, 1.82) is 0 Å². The fraction of sp³-hybridized carbons (Fsp3) is 0.600. The van der Waals surface area contributed by atoms with Crippen LogP contribution in [0.5, 0.6) is 0 Å². The summed E-state index contributed by atoms with van der Waals surface area (Å²) < 4.78 is 10.3. The predicted octanol–water partition coefficient (Wildman–Crippen LogP) is -1.12. The molecule has 1 atom stereocenters. The summed E-state index contributed by atoms with van der Waals surface area (Å²) in [5, 5.41) is 16.6. The first-order valence-electron chi connectivity index (χ1n) is 3.29. The van der Waals surface area contributed by atoms with Crippen LogP contribution in [0.3, 0.4) is 0 Å². The van der Waals surface area contributed by atoms with Crippen molar-refractivity contribution < 1.29 is 29.3 Å². The Kier molecular flexibility index (Phi) is 5.29. The second-order valence-corrected chi connectivity index (χ2v) is 3.43. The van der Waals surface area contributed by atoms with Crippen molar-refractivity contribution in [1.82, 2.24) is 4.90 Å². The van der Waals surface area contributed by atoms with Crippen molar-refractivity contribution in [2.75, 3.05) is 19.4 Å². The van der Waals surface area contributed by atoms with Crippen LogP contribution in [0.15, 0.2) is 0 Å². The SMILES string of the molecule is O=C(O)CN(CC(=O)O)C[PH](=O)O. The first-order chi connectivity index (χ1) is 5.91. The summed E-state index contributed by atoms with van der Waals surface area (Å²) in [6.07, 6.45) is -0.413. The van der Waals surface area contributed by atoms with Gasteiger partial charge >= 0.3 is 11.9 Å². The average Bonchev–Trinajstić information content (AvgIpc) is 1.80. The van der Waals surface area contributed by atoms with Crippen LogP contribution in [0.2, 0.25) is 0 Å². The third-order valence-corrected chi connectivity index (χ3v) is 1.79. The minimum absolute atomic E-state index is 0.413. The number of rotatable bonds is 6. The van der Waals surface area contributed by atoms with Crippen LogP contribution in [0, 0.1) is 0 Å². The molecule has 3 N–H and O–H groups in total. The lowest BCUT2D eigenvalue weighted by atomic mass is 10.5. The van der Waals surface area contributed by atoms with E-state index in [1.807, 2.05) is 0 Å². The van der Waals surface area contributed by atoms with E-state index in [1.54, 1.807) is 0 Å². The Labute approximate surface area is 74.5 Å². The minimum atomic E-state index is -2.87. The largest absolute Gasteiger partial charge is 0.480 e. The monoisotopic (exact) mass is 211 g/mol. The molecule has 0 saturated carbocycles. The fourth-order valence-electron chi connectivity index (χ4n) is 0.742. The lowest BCUT2D eigenvalue weighted by Gasteiger charge is -2.15. The lowest BCUT2D eigenvalue weighted by Crippen LogP contribution is -2.34. The maximum Gasteiger partial charge on any atom is 0.317 e. The topological polar surface area (TPSA) is 115 Å². The number of carboxylic acids is 2. The highest BCUT2D eigenvalue weighted by molar-refractivity contribution is 7.37. The van der Waals surface area contributed by atoms with Gasteiger partial charge in [0.25, 0.3) is 0 Å². The Hall–Kier alpha value is -0.910. The second-order valence-electron chi connectivity index (χ2n) is 2.33. The second kappa shape index (κ2) is 5.69. The Morgan fingerprint density at radius 3 is 1.77 bits per heavy atom. The number of nitrogens with zero attached hydrogens (tertiary/aromatic N) is 1. The van der Waals surface area contributed by atoms with Gasteiger partial charge in [0.05, 0.1) is 19.4 Å². The van der Waals surface area contributed by atoms with Crippen LogP contribution in [0.4, 0.5) is 0 Å².